The third kappa shape index (κ3) is 2.33. The van der Waals surface area contributed by atoms with Gasteiger partial charge in [0.2, 0.25) is 0 Å². The Balaban J connectivity index is 2.29. The average Bonchev–Trinajstić information content (AvgIpc) is 2.30. The Morgan fingerprint density at radius 2 is 2.35 bits per heavy atom. The van der Waals surface area contributed by atoms with Crippen molar-refractivity contribution in [3.63, 3.8) is 0 Å². The van der Waals surface area contributed by atoms with Crippen LogP contribution in [0.1, 0.15) is 36.5 Å². The minimum absolute atomic E-state index is 0.135. The Hall–Kier alpha value is -1.78. The molecule has 1 aromatic rings. The molecule has 1 aromatic heterocycles. The van der Waals surface area contributed by atoms with Crippen molar-refractivity contribution in [3.8, 4) is 0 Å². The highest BCUT2D eigenvalue weighted by Gasteiger charge is 2.21. The van der Waals surface area contributed by atoms with Gasteiger partial charge in [-0.25, -0.2) is 9.78 Å². The zero-order valence-electron chi connectivity index (χ0n) is 9.89. The highest BCUT2D eigenvalue weighted by molar-refractivity contribution is 5.89. The van der Waals surface area contributed by atoms with Crippen molar-refractivity contribution >= 4 is 17.5 Å². The van der Waals surface area contributed by atoms with Crippen molar-refractivity contribution < 1.29 is 9.90 Å². The highest BCUT2D eigenvalue weighted by Crippen LogP contribution is 2.27. The maximum absolute atomic E-state index is 10.8. The molecule has 0 bridgehead atoms. The standard InChI is InChI=1S/C12H17N3O2/c1-8-4-2-3-5-15(8)11-10(13)6-9(7-14-11)12(16)17/h6-8H,2-5,13H2,1H3,(H,16,17). The lowest BCUT2D eigenvalue weighted by Gasteiger charge is -2.35. The molecule has 0 aromatic carbocycles. The maximum atomic E-state index is 10.8. The molecule has 0 spiro atoms. The van der Waals surface area contributed by atoms with Crippen molar-refractivity contribution in [2.75, 3.05) is 17.2 Å². The van der Waals surface area contributed by atoms with E-state index in [1.54, 1.807) is 0 Å². The molecule has 1 aliphatic rings. The van der Waals surface area contributed by atoms with Gasteiger partial charge in [-0.3, -0.25) is 0 Å². The molecule has 3 N–H and O–H groups in total. The molecular formula is C12H17N3O2. The molecule has 1 atom stereocenters. The van der Waals surface area contributed by atoms with Crippen molar-refractivity contribution in [1.82, 2.24) is 4.98 Å². The molecule has 1 saturated heterocycles. The van der Waals surface area contributed by atoms with Crippen molar-refractivity contribution in [3.05, 3.63) is 17.8 Å². The molecule has 2 rings (SSSR count). The SMILES string of the molecule is CC1CCCCN1c1ncc(C(=O)O)cc1N. The van der Waals surface area contributed by atoms with Gasteiger partial charge in [-0.1, -0.05) is 0 Å². The van der Waals surface area contributed by atoms with Gasteiger partial charge in [-0.05, 0) is 32.3 Å². The van der Waals surface area contributed by atoms with Crippen molar-refractivity contribution in [2.24, 2.45) is 0 Å². The second-order valence-electron chi connectivity index (χ2n) is 4.48. The third-order valence-corrected chi connectivity index (χ3v) is 3.22. The summed E-state index contributed by atoms with van der Waals surface area (Å²) in [5.74, 6) is -0.287. The number of pyridine rings is 1. The van der Waals surface area contributed by atoms with Crippen LogP contribution in [0.4, 0.5) is 11.5 Å². The Morgan fingerprint density at radius 1 is 1.59 bits per heavy atom. The number of nitrogen functional groups attached to an aromatic ring is 1. The van der Waals surface area contributed by atoms with Gasteiger partial charge in [0.15, 0.2) is 5.82 Å². The zero-order valence-corrected chi connectivity index (χ0v) is 9.89. The van der Waals surface area contributed by atoms with Gasteiger partial charge in [-0.2, -0.15) is 0 Å². The number of anilines is 2. The van der Waals surface area contributed by atoms with E-state index in [4.69, 9.17) is 10.8 Å². The predicted octanol–water partition coefficient (Wildman–Crippen LogP) is 1.74. The van der Waals surface area contributed by atoms with Crippen molar-refractivity contribution in [2.45, 2.75) is 32.2 Å². The van der Waals surface area contributed by atoms with E-state index in [2.05, 4.69) is 16.8 Å². The second kappa shape index (κ2) is 4.61. The van der Waals surface area contributed by atoms with Crippen LogP contribution >= 0.6 is 0 Å². The molecule has 1 fully saturated rings. The number of nitrogens with zero attached hydrogens (tertiary/aromatic N) is 2. The van der Waals surface area contributed by atoms with Gasteiger partial charge >= 0.3 is 5.97 Å². The quantitative estimate of drug-likeness (QED) is 0.816. The first-order valence-electron chi connectivity index (χ1n) is 5.85. The molecule has 1 aliphatic heterocycles. The third-order valence-electron chi connectivity index (χ3n) is 3.22. The monoisotopic (exact) mass is 235 g/mol. The van der Waals surface area contributed by atoms with Gasteiger partial charge in [0, 0.05) is 18.8 Å². The van der Waals surface area contributed by atoms with E-state index in [-0.39, 0.29) is 5.56 Å². The van der Waals surface area contributed by atoms with E-state index < -0.39 is 5.97 Å². The molecule has 0 amide bonds. The number of aromatic nitrogens is 1. The van der Waals surface area contributed by atoms with Gasteiger partial charge in [-0.15, -0.1) is 0 Å². The lowest BCUT2D eigenvalue weighted by molar-refractivity contribution is 0.0696. The van der Waals surface area contributed by atoms with Crippen LogP contribution in [0.5, 0.6) is 0 Å². The molecule has 0 aliphatic carbocycles. The van der Waals surface area contributed by atoms with E-state index in [0.29, 0.717) is 17.5 Å². The van der Waals surface area contributed by atoms with Crippen molar-refractivity contribution in [1.29, 1.82) is 0 Å². The normalized spacial score (nSPS) is 20.3. The van der Waals surface area contributed by atoms with E-state index in [9.17, 15) is 4.79 Å². The van der Waals surface area contributed by atoms with E-state index in [1.807, 2.05) is 0 Å². The molecule has 0 radical (unpaired) electrons. The lowest BCUT2D eigenvalue weighted by Crippen LogP contribution is -2.38. The van der Waals surface area contributed by atoms with Gasteiger partial charge in [0.1, 0.15) is 0 Å². The van der Waals surface area contributed by atoms with Crippen LogP contribution in [0.15, 0.2) is 12.3 Å². The minimum atomic E-state index is -0.998. The largest absolute Gasteiger partial charge is 0.478 e. The highest BCUT2D eigenvalue weighted by atomic mass is 16.4. The fourth-order valence-electron chi connectivity index (χ4n) is 2.24. The summed E-state index contributed by atoms with van der Waals surface area (Å²) in [5.41, 5.74) is 6.46. The summed E-state index contributed by atoms with van der Waals surface area (Å²) in [5, 5.41) is 8.85. The van der Waals surface area contributed by atoms with Crippen LogP contribution in [-0.2, 0) is 0 Å². The molecule has 1 unspecified atom stereocenters. The van der Waals surface area contributed by atoms with E-state index >= 15 is 0 Å². The summed E-state index contributed by atoms with van der Waals surface area (Å²) in [6.07, 6.45) is 4.86. The summed E-state index contributed by atoms with van der Waals surface area (Å²) >= 11 is 0. The Bertz CT molecular complexity index is 434. The fourth-order valence-corrected chi connectivity index (χ4v) is 2.24. The molecule has 5 nitrogen and oxygen atoms in total. The molecule has 2 heterocycles. The molecular weight excluding hydrogens is 218 g/mol. The molecule has 0 saturated carbocycles. The number of rotatable bonds is 2. The van der Waals surface area contributed by atoms with Gasteiger partial charge in [0.05, 0.1) is 11.3 Å². The summed E-state index contributed by atoms with van der Waals surface area (Å²) in [7, 11) is 0. The van der Waals surface area contributed by atoms with Gasteiger partial charge < -0.3 is 15.7 Å². The first-order chi connectivity index (χ1) is 8.09. The van der Waals surface area contributed by atoms with E-state index in [0.717, 1.165) is 19.4 Å². The number of piperidine rings is 1. The Labute approximate surface area is 100 Å². The Morgan fingerprint density at radius 3 is 2.94 bits per heavy atom. The molecule has 17 heavy (non-hydrogen) atoms. The number of carboxylic acid groups (broad SMARTS) is 1. The van der Waals surface area contributed by atoms with Crippen LogP contribution in [-0.4, -0.2) is 28.6 Å². The van der Waals surface area contributed by atoms with Crippen LogP contribution in [0.25, 0.3) is 0 Å². The van der Waals surface area contributed by atoms with Crippen LogP contribution in [0.3, 0.4) is 0 Å². The molecule has 92 valence electrons. The summed E-state index contributed by atoms with van der Waals surface area (Å²) in [6.45, 7) is 3.08. The van der Waals surface area contributed by atoms with E-state index in [1.165, 1.54) is 18.7 Å². The van der Waals surface area contributed by atoms with Crippen LogP contribution < -0.4 is 10.6 Å². The summed E-state index contributed by atoms with van der Waals surface area (Å²) in [6, 6.07) is 1.89. The molecule has 5 heteroatoms. The zero-order chi connectivity index (χ0) is 12.4. The number of aromatic carboxylic acids is 1. The smallest absolute Gasteiger partial charge is 0.337 e. The predicted molar refractivity (Wildman–Crippen MR) is 66.3 cm³/mol. The van der Waals surface area contributed by atoms with Crippen LogP contribution in [0.2, 0.25) is 0 Å². The maximum Gasteiger partial charge on any atom is 0.337 e. The number of nitrogens with two attached hydrogens (primary N) is 1. The van der Waals surface area contributed by atoms with Gasteiger partial charge in [0.25, 0.3) is 0 Å². The summed E-state index contributed by atoms with van der Waals surface area (Å²) in [4.78, 5) is 17.1. The lowest BCUT2D eigenvalue weighted by atomic mass is 10.0. The Kier molecular flexibility index (Phi) is 3.17. The first-order valence-corrected chi connectivity index (χ1v) is 5.85. The number of hydrogen-bond donors (Lipinski definition) is 2. The number of carboxylic acids is 1. The average molecular weight is 235 g/mol. The minimum Gasteiger partial charge on any atom is -0.478 e. The number of carbonyl (C=O) groups is 1. The fraction of sp³-hybridized carbons (Fsp3) is 0.500. The second-order valence-corrected chi connectivity index (χ2v) is 4.48. The van der Waals surface area contributed by atoms with Crippen LogP contribution in [0, 0.1) is 0 Å². The number of hydrogen-bond acceptors (Lipinski definition) is 4. The first kappa shape index (κ1) is 11.7. The topological polar surface area (TPSA) is 79.5 Å². The summed E-state index contributed by atoms with van der Waals surface area (Å²) < 4.78 is 0.